The number of rotatable bonds is 7. The van der Waals surface area contributed by atoms with E-state index in [0.29, 0.717) is 36.8 Å². The number of nitrogens with zero attached hydrogens (tertiary/aromatic N) is 2. The highest BCUT2D eigenvalue weighted by atomic mass is 16.3. The number of aliphatic hydroxyl groups excluding tert-OH is 2. The summed E-state index contributed by atoms with van der Waals surface area (Å²) in [5.74, 6) is 6.15. The number of hydrogen-bond donors (Lipinski definition) is 2. The second kappa shape index (κ2) is 11.4. The number of nitriles is 2. The molecule has 0 atom stereocenters. The van der Waals surface area contributed by atoms with E-state index in [1.165, 1.54) is 0 Å². The second-order valence-electron chi connectivity index (χ2n) is 6.30. The number of benzene rings is 2. The lowest BCUT2D eigenvalue weighted by Crippen LogP contribution is -2.02. The van der Waals surface area contributed by atoms with Gasteiger partial charge in [0.15, 0.2) is 0 Å². The highest BCUT2D eigenvalue weighted by Gasteiger charge is 2.08. The zero-order valence-corrected chi connectivity index (χ0v) is 15.7. The van der Waals surface area contributed by atoms with E-state index in [-0.39, 0.29) is 13.2 Å². The first-order valence-corrected chi connectivity index (χ1v) is 9.09. The molecule has 2 aromatic rings. The van der Waals surface area contributed by atoms with Crippen molar-refractivity contribution in [1.82, 2.24) is 0 Å². The molecule has 2 aromatic carbocycles. The van der Waals surface area contributed by atoms with Gasteiger partial charge in [0, 0.05) is 25.0 Å². The largest absolute Gasteiger partial charge is 0.396 e. The lowest BCUT2D eigenvalue weighted by Gasteiger charge is -2.12. The Morgan fingerprint density at radius 3 is 1.75 bits per heavy atom. The molecule has 0 unspecified atom stereocenters. The van der Waals surface area contributed by atoms with E-state index < -0.39 is 0 Å². The fraction of sp³-hybridized carbons (Fsp3) is 0.250. The summed E-state index contributed by atoms with van der Waals surface area (Å²) in [6.45, 7) is 0.0201. The Hall–Kier alpha value is -3.36. The molecule has 0 bridgehead atoms. The van der Waals surface area contributed by atoms with Crippen LogP contribution in [-0.4, -0.2) is 23.4 Å². The van der Waals surface area contributed by atoms with Crippen molar-refractivity contribution in [2.24, 2.45) is 0 Å². The van der Waals surface area contributed by atoms with Crippen LogP contribution in [0.3, 0.4) is 0 Å². The lowest BCUT2D eigenvalue weighted by molar-refractivity contribution is 0.298. The summed E-state index contributed by atoms with van der Waals surface area (Å²) in [6, 6.07) is 19.0. The Morgan fingerprint density at radius 1 is 0.750 bits per heavy atom. The van der Waals surface area contributed by atoms with Gasteiger partial charge in [-0.2, -0.15) is 10.5 Å². The second-order valence-corrected chi connectivity index (χ2v) is 6.30. The Morgan fingerprint density at radius 2 is 1.29 bits per heavy atom. The predicted molar refractivity (Wildman–Crippen MR) is 108 cm³/mol. The molecule has 140 valence electrons. The standard InChI is InChI=1S/C24H22N2O2/c25-17-21-8-4-19(5-9-21)15-23(3-1-2-13-27)24(12-14-28)16-20-6-10-22(18-26)11-7-20/h4-11,27-28H,2,12-16H2/b24-23+. The summed E-state index contributed by atoms with van der Waals surface area (Å²) in [5, 5.41) is 36.5. The van der Waals surface area contributed by atoms with Gasteiger partial charge in [0.1, 0.15) is 0 Å². The van der Waals surface area contributed by atoms with Crippen molar-refractivity contribution >= 4 is 0 Å². The molecule has 0 saturated carbocycles. The van der Waals surface area contributed by atoms with Gasteiger partial charge in [-0.25, -0.2) is 0 Å². The summed E-state index contributed by atoms with van der Waals surface area (Å²) in [4.78, 5) is 0. The quantitative estimate of drug-likeness (QED) is 0.732. The molecule has 0 fully saturated rings. The molecule has 0 aliphatic heterocycles. The third-order valence-electron chi connectivity index (χ3n) is 4.28. The lowest BCUT2D eigenvalue weighted by atomic mass is 9.93. The molecular formula is C24H22N2O2. The molecule has 2 N–H and O–H groups in total. The average molecular weight is 370 g/mol. The highest BCUT2D eigenvalue weighted by Crippen LogP contribution is 2.20. The van der Waals surface area contributed by atoms with Crippen LogP contribution in [0, 0.1) is 34.5 Å². The van der Waals surface area contributed by atoms with Gasteiger partial charge in [0.2, 0.25) is 0 Å². The van der Waals surface area contributed by atoms with Crippen LogP contribution in [0.25, 0.3) is 0 Å². The number of hydrogen-bond acceptors (Lipinski definition) is 4. The first kappa shape index (κ1) is 20.9. The predicted octanol–water partition coefficient (Wildman–Crippen LogP) is 3.28. The minimum atomic E-state index is 0.00208. The van der Waals surface area contributed by atoms with Crippen LogP contribution < -0.4 is 0 Å². The number of aliphatic hydroxyl groups is 2. The van der Waals surface area contributed by atoms with E-state index >= 15 is 0 Å². The summed E-state index contributed by atoms with van der Waals surface area (Å²) < 4.78 is 0. The fourth-order valence-electron chi connectivity index (χ4n) is 2.81. The molecule has 0 aliphatic rings. The SMILES string of the molecule is N#Cc1ccc(C/C(C#CCCO)=C(\CCO)Cc2ccc(C#N)cc2)cc1. The van der Waals surface area contributed by atoms with Crippen molar-refractivity contribution in [3.05, 3.63) is 81.9 Å². The first-order valence-electron chi connectivity index (χ1n) is 9.09. The molecular weight excluding hydrogens is 348 g/mol. The Bertz CT molecular complexity index is 947. The molecule has 0 amide bonds. The zero-order valence-electron chi connectivity index (χ0n) is 15.7. The molecule has 2 rings (SSSR count). The molecule has 4 heteroatoms. The van der Waals surface area contributed by atoms with E-state index in [1.54, 1.807) is 24.3 Å². The highest BCUT2D eigenvalue weighted by molar-refractivity contribution is 5.42. The maximum absolute atomic E-state index is 9.55. The molecule has 0 radical (unpaired) electrons. The van der Waals surface area contributed by atoms with Crippen molar-refractivity contribution < 1.29 is 10.2 Å². The zero-order chi connectivity index (χ0) is 20.2. The van der Waals surface area contributed by atoms with Crippen LogP contribution >= 0.6 is 0 Å². The first-order chi connectivity index (χ1) is 13.7. The summed E-state index contributed by atoms with van der Waals surface area (Å²) in [6.07, 6.45) is 2.11. The monoisotopic (exact) mass is 370 g/mol. The maximum atomic E-state index is 9.55. The van der Waals surface area contributed by atoms with Gasteiger partial charge in [-0.15, -0.1) is 0 Å². The third-order valence-corrected chi connectivity index (χ3v) is 4.28. The van der Waals surface area contributed by atoms with E-state index in [0.717, 1.165) is 22.3 Å². The van der Waals surface area contributed by atoms with Gasteiger partial charge in [-0.1, -0.05) is 41.7 Å². The van der Waals surface area contributed by atoms with Crippen LogP contribution in [0.4, 0.5) is 0 Å². The van der Waals surface area contributed by atoms with Crippen LogP contribution in [0.15, 0.2) is 59.7 Å². The van der Waals surface area contributed by atoms with Crippen molar-refractivity contribution in [3.63, 3.8) is 0 Å². The third kappa shape index (κ3) is 6.42. The average Bonchev–Trinajstić information content (AvgIpc) is 2.74. The van der Waals surface area contributed by atoms with Gasteiger partial charge in [-0.05, 0) is 48.2 Å². The Balaban J connectivity index is 2.36. The summed E-state index contributed by atoms with van der Waals surface area (Å²) >= 11 is 0. The molecule has 28 heavy (non-hydrogen) atoms. The van der Waals surface area contributed by atoms with E-state index in [1.807, 2.05) is 24.3 Å². The minimum Gasteiger partial charge on any atom is -0.396 e. The molecule has 0 heterocycles. The van der Waals surface area contributed by atoms with Gasteiger partial charge >= 0.3 is 0 Å². The maximum Gasteiger partial charge on any atom is 0.0991 e. The molecule has 4 nitrogen and oxygen atoms in total. The van der Waals surface area contributed by atoms with E-state index in [2.05, 4.69) is 24.0 Å². The van der Waals surface area contributed by atoms with Gasteiger partial charge < -0.3 is 10.2 Å². The van der Waals surface area contributed by atoms with Crippen molar-refractivity contribution in [2.75, 3.05) is 13.2 Å². The number of allylic oxidation sites excluding steroid dienone is 1. The summed E-state index contributed by atoms with van der Waals surface area (Å²) in [7, 11) is 0. The van der Waals surface area contributed by atoms with Gasteiger partial charge in [0.25, 0.3) is 0 Å². The molecule has 0 saturated heterocycles. The van der Waals surface area contributed by atoms with E-state index in [9.17, 15) is 5.11 Å². The van der Waals surface area contributed by atoms with Gasteiger partial charge in [-0.3, -0.25) is 0 Å². The van der Waals surface area contributed by atoms with Crippen molar-refractivity contribution in [3.8, 4) is 24.0 Å². The minimum absolute atomic E-state index is 0.00208. The summed E-state index contributed by atoms with van der Waals surface area (Å²) in [5.41, 5.74) is 5.23. The Kier molecular flexibility index (Phi) is 8.51. The van der Waals surface area contributed by atoms with Crippen LogP contribution in [0.2, 0.25) is 0 Å². The molecule has 0 aliphatic carbocycles. The fourth-order valence-corrected chi connectivity index (χ4v) is 2.81. The molecule has 0 spiro atoms. The normalized spacial score (nSPS) is 10.9. The van der Waals surface area contributed by atoms with Crippen molar-refractivity contribution in [1.29, 1.82) is 10.5 Å². The van der Waals surface area contributed by atoms with E-state index in [4.69, 9.17) is 15.6 Å². The van der Waals surface area contributed by atoms with Crippen LogP contribution in [0.1, 0.15) is 35.1 Å². The van der Waals surface area contributed by atoms with Crippen LogP contribution in [-0.2, 0) is 12.8 Å². The molecule has 0 aromatic heterocycles. The topological polar surface area (TPSA) is 88.0 Å². The van der Waals surface area contributed by atoms with Crippen molar-refractivity contribution in [2.45, 2.75) is 25.7 Å². The smallest absolute Gasteiger partial charge is 0.0991 e. The van der Waals surface area contributed by atoms with Crippen LogP contribution in [0.5, 0.6) is 0 Å². The Labute approximate surface area is 166 Å². The van der Waals surface area contributed by atoms with Gasteiger partial charge in [0.05, 0.1) is 29.9 Å².